The zero-order valence-electron chi connectivity index (χ0n) is 10.8. The van der Waals surface area contributed by atoms with Gasteiger partial charge in [-0.15, -0.1) is 0 Å². The lowest BCUT2D eigenvalue weighted by Crippen LogP contribution is -2.31. The highest BCUT2D eigenvalue weighted by atomic mass is 19.4. The Morgan fingerprint density at radius 3 is 2.95 bits per heavy atom. The molecule has 2 aromatic rings. The number of nitrogens with one attached hydrogen (secondary N) is 1. The van der Waals surface area contributed by atoms with E-state index in [0.717, 1.165) is 38.1 Å². The minimum Gasteiger partial charge on any atom is -0.316 e. The molecule has 0 spiro atoms. The van der Waals surface area contributed by atoms with Gasteiger partial charge in [0.25, 0.3) is 0 Å². The van der Waals surface area contributed by atoms with Crippen molar-refractivity contribution < 1.29 is 13.2 Å². The molecule has 1 aliphatic rings. The first-order chi connectivity index (χ1) is 9.52. The van der Waals surface area contributed by atoms with Crippen molar-refractivity contribution in [2.75, 3.05) is 13.1 Å². The topological polar surface area (TPSA) is 42.2 Å². The van der Waals surface area contributed by atoms with Crippen LogP contribution in [0.1, 0.15) is 24.2 Å². The highest BCUT2D eigenvalue weighted by Gasteiger charge is 2.31. The number of aromatic nitrogens is 3. The van der Waals surface area contributed by atoms with Crippen molar-refractivity contribution in [2.45, 2.75) is 25.4 Å². The number of piperidine rings is 1. The number of hydrogen-bond acceptors (Lipinski definition) is 3. The fourth-order valence-electron chi connectivity index (χ4n) is 2.55. The number of alkyl halides is 3. The molecule has 0 saturated carbocycles. The van der Waals surface area contributed by atoms with Crippen LogP contribution in [-0.2, 0) is 12.6 Å². The van der Waals surface area contributed by atoms with E-state index in [4.69, 9.17) is 0 Å². The molecule has 4 nitrogen and oxygen atoms in total. The van der Waals surface area contributed by atoms with E-state index < -0.39 is 11.7 Å². The Labute approximate surface area is 114 Å². The molecule has 1 fully saturated rings. The molecule has 0 aromatic carbocycles. The van der Waals surface area contributed by atoms with Gasteiger partial charge in [-0.25, -0.2) is 9.50 Å². The number of fused-ring (bicyclic) bond motifs is 1. The molecule has 3 heterocycles. The molecule has 7 heteroatoms. The van der Waals surface area contributed by atoms with E-state index in [1.165, 1.54) is 10.7 Å². The van der Waals surface area contributed by atoms with Gasteiger partial charge in [0.05, 0.1) is 5.56 Å². The van der Waals surface area contributed by atoms with Crippen LogP contribution in [0, 0.1) is 5.92 Å². The van der Waals surface area contributed by atoms with E-state index in [1.807, 2.05) is 0 Å². The van der Waals surface area contributed by atoms with Crippen molar-refractivity contribution in [1.82, 2.24) is 19.9 Å². The van der Waals surface area contributed by atoms with E-state index in [9.17, 15) is 13.2 Å². The molecular formula is C13H15F3N4. The minimum atomic E-state index is -4.35. The second-order valence-electron chi connectivity index (χ2n) is 5.16. The smallest absolute Gasteiger partial charge is 0.316 e. The third kappa shape index (κ3) is 2.77. The molecule has 0 amide bonds. The minimum absolute atomic E-state index is 0.249. The van der Waals surface area contributed by atoms with Gasteiger partial charge in [-0.3, -0.25) is 0 Å². The fourth-order valence-corrected chi connectivity index (χ4v) is 2.55. The number of hydrogen-bond donors (Lipinski definition) is 1. The van der Waals surface area contributed by atoms with Gasteiger partial charge in [-0.2, -0.15) is 18.3 Å². The van der Waals surface area contributed by atoms with Gasteiger partial charge in [0.1, 0.15) is 0 Å². The summed E-state index contributed by atoms with van der Waals surface area (Å²) < 4.78 is 39.3. The predicted octanol–water partition coefficient (Wildman–Crippen LogP) is 2.29. The van der Waals surface area contributed by atoms with Crippen LogP contribution in [0.4, 0.5) is 13.2 Å². The first-order valence-electron chi connectivity index (χ1n) is 6.65. The van der Waals surface area contributed by atoms with Crippen LogP contribution < -0.4 is 5.32 Å². The van der Waals surface area contributed by atoms with Gasteiger partial charge in [0.15, 0.2) is 11.5 Å². The van der Waals surface area contributed by atoms with Gasteiger partial charge < -0.3 is 5.32 Å². The number of halogens is 3. The van der Waals surface area contributed by atoms with Crippen LogP contribution in [0.2, 0.25) is 0 Å². The molecule has 1 unspecified atom stereocenters. The van der Waals surface area contributed by atoms with Gasteiger partial charge in [0, 0.05) is 12.6 Å². The zero-order valence-corrected chi connectivity index (χ0v) is 10.8. The van der Waals surface area contributed by atoms with E-state index >= 15 is 0 Å². The van der Waals surface area contributed by atoms with E-state index in [2.05, 4.69) is 15.4 Å². The van der Waals surface area contributed by atoms with Crippen LogP contribution in [-0.4, -0.2) is 27.7 Å². The third-order valence-electron chi connectivity index (χ3n) is 3.58. The molecule has 20 heavy (non-hydrogen) atoms. The molecular weight excluding hydrogens is 269 g/mol. The molecule has 2 aromatic heterocycles. The molecule has 1 aliphatic heterocycles. The van der Waals surface area contributed by atoms with Crippen LogP contribution >= 0.6 is 0 Å². The normalized spacial score (nSPS) is 20.4. The van der Waals surface area contributed by atoms with E-state index in [0.29, 0.717) is 18.2 Å². The van der Waals surface area contributed by atoms with Crippen LogP contribution in [0.15, 0.2) is 18.3 Å². The summed E-state index contributed by atoms with van der Waals surface area (Å²) in [5.41, 5.74) is -0.443. The van der Waals surface area contributed by atoms with E-state index in [-0.39, 0.29) is 5.65 Å². The monoisotopic (exact) mass is 284 g/mol. The number of nitrogens with zero attached hydrogens (tertiary/aromatic N) is 3. The molecule has 3 rings (SSSR count). The molecule has 0 radical (unpaired) electrons. The predicted molar refractivity (Wildman–Crippen MR) is 67.3 cm³/mol. The van der Waals surface area contributed by atoms with Crippen molar-refractivity contribution in [1.29, 1.82) is 0 Å². The van der Waals surface area contributed by atoms with Crippen molar-refractivity contribution in [3.05, 3.63) is 29.7 Å². The summed E-state index contributed by atoms with van der Waals surface area (Å²) in [5, 5.41) is 7.55. The number of pyridine rings is 1. The maximum atomic E-state index is 12.6. The van der Waals surface area contributed by atoms with Gasteiger partial charge >= 0.3 is 6.18 Å². The summed E-state index contributed by atoms with van der Waals surface area (Å²) in [7, 11) is 0. The van der Waals surface area contributed by atoms with Gasteiger partial charge in [0.2, 0.25) is 0 Å². The van der Waals surface area contributed by atoms with Crippen molar-refractivity contribution in [2.24, 2.45) is 5.92 Å². The first-order valence-corrected chi connectivity index (χ1v) is 6.65. The summed E-state index contributed by atoms with van der Waals surface area (Å²) >= 11 is 0. The molecule has 1 atom stereocenters. The lowest BCUT2D eigenvalue weighted by atomic mass is 9.96. The molecule has 0 bridgehead atoms. The Morgan fingerprint density at radius 1 is 1.40 bits per heavy atom. The van der Waals surface area contributed by atoms with E-state index in [1.54, 1.807) is 0 Å². The molecule has 1 N–H and O–H groups in total. The third-order valence-corrected chi connectivity index (χ3v) is 3.58. The lowest BCUT2D eigenvalue weighted by molar-refractivity contribution is -0.137. The Morgan fingerprint density at radius 2 is 2.25 bits per heavy atom. The quantitative estimate of drug-likeness (QED) is 0.920. The Hall–Kier alpha value is -1.63. The second kappa shape index (κ2) is 5.05. The van der Waals surface area contributed by atoms with Crippen molar-refractivity contribution in [3.63, 3.8) is 0 Å². The standard InChI is InChI=1S/C13H15F3N4/c14-13(15,16)10-3-5-20-12(7-10)18-11(19-20)6-9-2-1-4-17-8-9/h3,5,7,9,17H,1-2,4,6,8H2. The molecule has 0 aliphatic carbocycles. The Balaban J connectivity index is 1.83. The fraction of sp³-hybridized carbons (Fsp3) is 0.538. The highest BCUT2D eigenvalue weighted by molar-refractivity contribution is 5.41. The van der Waals surface area contributed by atoms with Gasteiger partial charge in [-0.05, 0) is 44.0 Å². The SMILES string of the molecule is FC(F)(F)c1ccn2nc(CC3CCCNC3)nc2c1. The second-order valence-corrected chi connectivity index (χ2v) is 5.16. The highest BCUT2D eigenvalue weighted by Crippen LogP contribution is 2.29. The lowest BCUT2D eigenvalue weighted by Gasteiger charge is -2.21. The first kappa shape index (κ1) is 13.4. The summed E-state index contributed by atoms with van der Waals surface area (Å²) in [6.07, 6.45) is -0.0996. The summed E-state index contributed by atoms with van der Waals surface area (Å²) in [6, 6.07) is 2.06. The maximum Gasteiger partial charge on any atom is 0.416 e. The average Bonchev–Trinajstić information content (AvgIpc) is 2.80. The summed E-state index contributed by atoms with van der Waals surface area (Å²) in [4.78, 5) is 4.21. The van der Waals surface area contributed by atoms with Crippen LogP contribution in [0.25, 0.3) is 5.65 Å². The maximum absolute atomic E-state index is 12.6. The van der Waals surface area contributed by atoms with Crippen LogP contribution in [0.3, 0.4) is 0 Å². The van der Waals surface area contributed by atoms with Crippen LogP contribution in [0.5, 0.6) is 0 Å². The Kier molecular flexibility index (Phi) is 3.37. The summed E-state index contributed by atoms with van der Waals surface area (Å²) in [6.45, 7) is 1.95. The number of rotatable bonds is 2. The largest absolute Gasteiger partial charge is 0.416 e. The molecule has 108 valence electrons. The average molecular weight is 284 g/mol. The molecule has 1 saturated heterocycles. The summed E-state index contributed by atoms with van der Waals surface area (Å²) in [5.74, 6) is 1.07. The Bertz CT molecular complexity index is 599. The van der Waals surface area contributed by atoms with Crippen molar-refractivity contribution >= 4 is 5.65 Å². The van der Waals surface area contributed by atoms with Gasteiger partial charge in [-0.1, -0.05) is 0 Å². The van der Waals surface area contributed by atoms with Crippen molar-refractivity contribution in [3.8, 4) is 0 Å². The zero-order chi connectivity index (χ0) is 14.2.